The Bertz CT molecular complexity index is 855. The molecule has 0 N–H and O–H groups in total. The molecule has 5 nitrogen and oxygen atoms in total. The van der Waals surface area contributed by atoms with E-state index in [1.54, 1.807) is 23.9 Å². The number of halogens is 2. The fraction of sp³-hybridized carbons (Fsp3) is 0.154. The molecule has 3 aromatic rings. The molecule has 0 aliphatic heterocycles. The van der Waals surface area contributed by atoms with E-state index < -0.39 is 0 Å². The molecule has 0 amide bonds. The molecule has 7 heteroatoms. The molecule has 0 atom stereocenters. The summed E-state index contributed by atoms with van der Waals surface area (Å²) in [7, 11) is 1.72. The van der Waals surface area contributed by atoms with Crippen molar-refractivity contribution in [1.82, 2.24) is 19.3 Å². The van der Waals surface area contributed by atoms with Crippen molar-refractivity contribution in [1.29, 1.82) is 0 Å². The van der Waals surface area contributed by atoms with Crippen LogP contribution in [0.2, 0.25) is 0 Å². The van der Waals surface area contributed by atoms with Crippen molar-refractivity contribution in [3.8, 4) is 0 Å². The van der Waals surface area contributed by atoms with Crippen LogP contribution >= 0.6 is 15.9 Å². The van der Waals surface area contributed by atoms with E-state index in [9.17, 15) is 9.18 Å². The van der Waals surface area contributed by atoms with E-state index in [1.165, 1.54) is 23.2 Å². The minimum Gasteiger partial charge on any atom is -0.294 e. The Hall–Kier alpha value is -2.02. The second-order valence-electron chi connectivity index (χ2n) is 4.40. The lowest BCUT2D eigenvalue weighted by molar-refractivity contribution is 0.614. The molecular weight excluding hydrogens is 327 g/mol. The summed E-state index contributed by atoms with van der Waals surface area (Å²) < 4.78 is 16.8. The van der Waals surface area contributed by atoms with Crippen molar-refractivity contribution in [3.63, 3.8) is 0 Å². The zero-order valence-electron chi connectivity index (χ0n) is 10.5. The van der Waals surface area contributed by atoms with Gasteiger partial charge in [0.2, 0.25) is 0 Å². The number of hydrogen-bond donors (Lipinski definition) is 0. The highest BCUT2D eigenvalue weighted by Gasteiger charge is 2.10. The van der Waals surface area contributed by atoms with Gasteiger partial charge in [0.15, 0.2) is 5.65 Å². The third-order valence-corrected chi connectivity index (χ3v) is 3.98. The van der Waals surface area contributed by atoms with E-state index in [2.05, 4.69) is 26.0 Å². The van der Waals surface area contributed by atoms with Crippen LogP contribution in [0.3, 0.4) is 0 Å². The molecule has 1 aromatic carbocycles. The van der Waals surface area contributed by atoms with Crippen molar-refractivity contribution >= 4 is 27.0 Å². The van der Waals surface area contributed by atoms with Gasteiger partial charge in [-0.1, -0.05) is 12.1 Å². The molecule has 2 heterocycles. The molecule has 0 bridgehead atoms. The second-order valence-corrected chi connectivity index (χ2v) is 5.19. The van der Waals surface area contributed by atoms with E-state index in [1.807, 2.05) is 0 Å². The number of aromatic nitrogens is 4. The first-order valence-corrected chi connectivity index (χ1v) is 6.67. The van der Waals surface area contributed by atoms with Gasteiger partial charge in [-0.3, -0.25) is 14.0 Å². The summed E-state index contributed by atoms with van der Waals surface area (Å²) >= 11 is 3.19. The average Bonchev–Trinajstić information content (AvgIpc) is 2.80. The van der Waals surface area contributed by atoms with Crippen molar-refractivity contribution in [2.75, 3.05) is 0 Å². The van der Waals surface area contributed by atoms with Gasteiger partial charge in [-0.2, -0.15) is 5.10 Å². The monoisotopic (exact) mass is 336 g/mol. The molecule has 2 aromatic heterocycles. The SMILES string of the molecule is Cn1ncc2c(=O)n(Cc3cccc(F)c3Br)cnc21. The maximum absolute atomic E-state index is 13.5. The lowest BCUT2D eigenvalue weighted by Crippen LogP contribution is -2.21. The second kappa shape index (κ2) is 4.82. The maximum atomic E-state index is 13.5. The summed E-state index contributed by atoms with van der Waals surface area (Å²) in [5, 5.41) is 4.45. The molecule has 0 radical (unpaired) electrons. The number of nitrogens with zero attached hydrogens (tertiary/aromatic N) is 4. The van der Waals surface area contributed by atoms with Crippen LogP contribution in [-0.4, -0.2) is 19.3 Å². The number of aryl methyl sites for hydroxylation is 1. The minimum absolute atomic E-state index is 0.195. The van der Waals surface area contributed by atoms with Crippen LogP contribution in [0.5, 0.6) is 0 Å². The van der Waals surface area contributed by atoms with Crippen molar-refractivity contribution in [2.45, 2.75) is 6.54 Å². The first-order chi connectivity index (χ1) is 9.58. The van der Waals surface area contributed by atoms with Gasteiger partial charge in [-0.25, -0.2) is 9.37 Å². The summed E-state index contributed by atoms with van der Waals surface area (Å²) in [4.78, 5) is 16.5. The third-order valence-electron chi connectivity index (χ3n) is 3.09. The molecular formula is C13H10BrFN4O. The zero-order chi connectivity index (χ0) is 14.3. The Balaban J connectivity index is 2.09. The van der Waals surface area contributed by atoms with Crippen LogP contribution in [0.25, 0.3) is 11.0 Å². The summed E-state index contributed by atoms with van der Waals surface area (Å²) in [6, 6.07) is 4.72. The summed E-state index contributed by atoms with van der Waals surface area (Å²) in [5.74, 6) is -0.356. The highest BCUT2D eigenvalue weighted by molar-refractivity contribution is 9.10. The smallest absolute Gasteiger partial charge is 0.264 e. The van der Waals surface area contributed by atoms with E-state index in [0.717, 1.165) is 0 Å². The van der Waals surface area contributed by atoms with Crippen molar-refractivity contribution in [3.05, 3.63) is 56.9 Å². The Morgan fingerprint density at radius 2 is 2.20 bits per heavy atom. The van der Waals surface area contributed by atoms with Gasteiger partial charge in [0, 0.05) is 7.05 Å². The van der Waals surface area contributed by atoms with E-state index in [4.69, 9.17) is 0 Å². The van der Waals surface area contributed by atoms with Gasteiger partial charge in [0.1, 0.15) is 17.5 Å². The van der Waals surface area contributed by atoms with Crippen LogP contribution in [0.4, 0.5) is 4.39 Å². The number of fused-ring (bicyclic) bond motifs is 1. The van der Waals surface area contributed by atoms with Crippen molar-refractivity contribution in [2.24, 2.45) is 7.05 Å². The maximum Gasteiger partial charge on any atom is 0.264 e. The number of hydrogen-bond acceptors (Lipinski definition) is 3. The molecule has 20 heavy (non-hydrogen) atoms. The predicted octanol–water partition coefficient (Wildman–Crippen LogP) is 2.08. The molecule has 0 saturated carbocycles. The Morgan fingerprint density at radius 1 is 1.40 bits per heavy atom. The summed E-state index contributed by atoms with van der Waals surface area (Å²) in [6.45, 7) is 0.245. The first-order valence-electron chi connectivity index (χ1n) is 5.88. The van der Waals surface area contributed by atoms with E-state index in [0.29, 0.717) is 21.1 Å². The molecule has 0 spiro atoms. The number of benzene rings is 1. The van der Waals surface area contributed by atoms with Crippen LogP contribution in [0, 0.1) is 5.82 Å². The molecule has 0 aliphatic rings. The zero-order valence-corrected chi connectivity index (χ0v) is 12.1. The first kappa shape index (κ1) is 13.0. The van der Waals surface area contributed by atoms with Crippen LogP contribution in [0.15, 0.2) is 40.0 Å². The van der Waals surface area contributed by atoms with Gasteiger partial charge in [0.25, 0.3) is 5.56 Å². The largest absolute Gasteiger partial charge is 0.294 e. The molecule has 0 fully saturated rings. The Kier molecular flexibility index (Phi) is 3.13. The predicted molar refractivity (Wildman–Crippen MR) is 76.0 cm³/mol. The van der Waals surface area contributed by atoms with Crippen LogP contribution < -0.4 is 5.56 Å². The minimum atomic E-state index is -0.356. The fourth-order valence-electron chi connectivity index (χ4n) is 2.03. The quantitative estimate of drug-likeness (QED) is 0.720. The summed E-state index contributed by atoms with van der Waals surface area (Å²) in [5.41, 5.74) is 1.01. The van der Waals surface area contributed by atoms with E-state index >= 15 is 0 Å². The van der Waals surface area contributed by atoms with Gasteiger partial charge in [-0.05, 0) is 27.6 Å². The van der Waals surface area contributed by atoms with Crippen LogP contribution in [-0.2, 0) is 13.6 Å². The summed E-state index contributed by atoms with van der Waals surface area (Å²) in [6.07, 6.45) is 2.94. The topological polar surface area (TPSA) is 52.7 Å². The van der Waals surface area contributed by atoms with E-state index in [-0.39, 0.29) is 17.9 Å². The standard InChI is InChI=1S/C13H10BrFN4O/c1-18-12-9(5-17-18)13(20)19(7-16-12)6-8-3-2-4-10(15)11(8)14/h2-5,7H,6H2,1H3. The highest BCUT2D eigenvalue weighted by Crippen LogP contribution is 2.20. The Morgan fingerprint density at radius 3 is 3.00 bits per heavy atom. The molecule has 0 aliphatic carbocycles. The fourth-order valence-corrected chi connectivity index (χ4v) is 2.42. The molecule has 0 saturated heterocycles. The van der Waals surface area contributed by atoms with Gasteiger partial charge in [-0.15, -0.1) is 0 Å². The van der Waals surface area contributed by atoms with Gasteiger partial charge >= 0.3 is 0 Å². The van der Waals surface area contributed by atoms with Gasteiger partial charge in [0.05, 0.1) is 17.2 Å². The van der Waals surface area contributed by atoms with Gasteiger partial charge < -0.3 is 0 Å². The van der Waals surface area contributed by atoms with Crippen molar-refractivity contribution < 1.29 is 4.39 Å². The molecule has 0 unspecified atom stereocenters. The molecule has 102 valence electrons. The number of rotatable bonds is 2. The molecule has 3 rings (SSSR count). The third kappa shape index (κ3) is 2.03. The highest BCUT2D eigenvalue weighted by atomic mass is 79.9. The average molecular weight is 337 g/mol. The lowest BCUT2D eigenvalue weighted by Gasteiger charge is -2.08. The Labute approximate surface area is 121 Å². The normalized spacial score (nSPS) is 11.2. The van der Waals surface area contributed by atoms with Crippen LogP contribution in [0.1, 0.15) is 5.56 Å². The lowest BCUT2D eigenvalue weighted by atomic mass is 10.2.